The molecule has 1 N–H and O–H groups in total. The lowest BCUT2D eigenvalue weighted by Crippen LogP contribution is -2.06. The molecular formula is C4H2O3S2. The Hall–Kier alpha value is -0.680. The molecule has 0 spiro atoms. The zero-order valence-electron chi connectivity index (χ0n) is 4.16. The van der Waals surface area contributed by atoms with Gasteiger partial charge in [0, 0.05) is 5.38 Å². The first-order valence-corrected chi connectivity index (χ1v) is 4.24. The van der Waals surface area contributed by atoms with E-state index in [1.165, 1.54) is 5.38 Å². The second-order valence-electron chi connectivity index (χ2n) is 1.30. The molecule has 1 rings (SSSR count). The third kappa shape index (κ3) is 1.17. The topological polar surface area (TPSA) is 54.4 Å². The van der Waals surface area contributed by atoms with E-state index < -0.39 is 5.97 Å². The molecule has 0 amide bonds. The van der Waals surface area contributed by atoms with Crippen molar-refractivity contribution in [2.75, 3.05) is 0 Å². The van der Waals surface area contributed by atoms with Crippen molar-refractivity contribution < 1.29 is 9.90 Å². The summed E-state index contributed by atoms with van der Waals surface area (Å²) in [7, 11) is 2.08. The molecule has 0 aliphatic rings. The molecule has 0 saturated heterocycles. The highest BCUT2D eigenvalue weighted by Gasteiger charge is 2.07. The fraction of sp³-hybridized carbons (Fsp3) is 0. The largest absolute Gasteiger partial charge is 0.477 e. The molecule has 0 aliphatic heterocycles. The highest BCUT2D eigenvalue weighted by Crippen LogP contribution is 2.04. The highest BCUT2D eigenvalue weighted by atomic mass is 32.9. The number of carbonyl (C=O) groups is 1. The fourth-order valence-corrected chi connectivity index (χ4v) is 2.06. The van der Waals surface area contributed by atoms with Gasteiger partial charge in [0.25, 0.3) is 4.74 Å². The highest BCUT2D eigenvalue weighted by molar-refractivity contribution is 7.67. The Kier molecular flexibility index (Phi) is 1.63. The first-order valence-electron chi connectivity index (χ1n) is 2.03. The van der Waals surface area contributed by atoms with Gasteiger partial charge in [0.2, 0.25) is 0 Å². The maximum atomic E-state index is 10.5. The number of rotatable bonds is 1. The summed E-state index contributed by atoms with van der Waals surface area (Å²) in [5.41, 5.74) is -0.120. The summed E-state index contributed by atoms with van der Waals surface area (Å²) in [6, 6.07) is 0. The molecule has 5 heteroatoms. The Labute approximate surface area is 57.6 Å². The van der Waals surface area contributed by atoms with Crippen LogP contribution in [0.4, 0.5) is 0 Å². The van der Waals surface area contributed by atoms with Gasteiger partial charge in [-0.15, -0.1) is 0 Å². The van der Waals surface area contributed by atoms with E-state index in [0.717, 1.165) is 20.7 Å². The summed E-state index contributed by atoms with van der Waals surface area (Å²) in [6.07, 6.45) is 0. The van der Waals surface area contributed by atoms with Gasteiger partial charge >= 0.3 is 5.97 Å². The second kappa shape index (κ2) is 2.28. The Morgan fingerprint density at radius 3 is 2.56 bits per heavy atom. The Morgan fingerprint density at radius 2 is 2.33 bits per heavy atom. The van der Waals surface area contributed by atoms with Crippen LogP contribution in [-0.4, -0.2) is 11.1 Å². The van der Waals surface area contributed by atoms with E-state index in [2.05, 4.69) is 0 Å². The Bertz CT molecular complexity index is 271. The van der Waals surface area contributed by atoms with E-state index in [1.807, 2.05) is 0 Å². The van der Waals surface area contributed by atoms with Crippen molar-refractivity contribution in [3.63, 3.8) is 0 Å². The van der Waals surface area contributed by atoms with Gasteiger partial charge in [-0.25, -0.2) is 4.79 Å². The standard InChI is InChI=1S/C4H2O3S2/c5-3(6)2-1-8-9-4(2)7/h1H,(H,5,6). The molecule has 3 nitrogen and oxygen atoms in total. The molecule has 1 heterocycles. The first-order chi connectivity index (χ1) is 4.22. The average Bonchev–Trinajstić information content (AvgIpc) is 2.13. The number of hydrogen-bond donors (Lipinski definition) is 1. The van der Waals surface area contributed by atoms with Crippen LogP contribution in [-0.2, 0) is 0 Å². The maximum Gasteiger partial charge on any atom is 0.341 e. The quantitative estimate of drug-likeness (QED) is 0.623. The zero-order chi connectivity index (χ0) is 6.85. The summed E-state index contributed by atoms with van der Waals surface area (Å²) in [5, 5.41) is 9.61. The predicted octanol–water partition coefficient (Wildman–Crippen LogP) is 0.868. The van der Waals surface area contributed by atoms with Crippen LogP contribution >= 0.6 is 20.7 Å². The third-order valence-electron chi connectivity index (χ3n) is 0.740. The van der Waals surface area contributed by atoms with Crippen molar-refractivity contribution in [1.82, 2.24) is 0 Å². The molecule has 1 aromatic heterocycles. The lowest BCUT2D eigenvalue weighted by molar-refractivity contribution is 0.0696. The monoisotopic (exact) mass is 162 g/mol. The minimum atomic E-state index is -1.14. The number of carboxylic acid groups (broad SMARTS) is 1. The van der Waals surface area contributed by atoms with Crippen LogP contribution in [0, 0.1) is 0 Å². The molecule has 0 fully saturated rings. The van der Waals surface area contributed by atoms with E-state index in [4.69, 9.17) is 5.11 Å². The number of carboxylic acids is 1. The van der Waals surface area contributed by atoms with Gasteiger partial charge in [-0.3, -0.25) is 4.79 Å². The molecule has 0 radical (unpaired) electrons. The Morgan fingerprint density at radius 1 is 1.67 bits per heavy atom. The van der Waals surface area contributed by atoms with Gasteiger partial charge in [-0.1, -0.05) is 10.3 Å². The summed E-state index contributed by atoms with van der Waals surface area (Å²) in [6.45, 7) is 0. The van der Waals surface area contributed by atoms with Gasteiger partial charge in [0.05, 0.1) is 0 Å². The van der Waals surface area contributed by atoms with E-state index in [9.17, 15) is 9.59 Å². The minimum absolute atomic E-state index is 0.120. The van der Waals surface area contributed by atoms with Crippen molar-refractivity contribution in [3.8, 4) is 0 Å². The lowest BCUT2D eigenvalue weighted by Gasteiger charge is -1.77. The molecular weight excluding hydrogens is 160 g/mol. The van der Waals surface area contributed by atoms with Gasteiger partial charge in [-0.2, -0.15) is 0 Å². The molecule has 9 heavy (non-hydrogen) atoms. The van der Waals surface area contributed by atoms with Crippen molar-refractivity contribution in [2.24, 2.45) is 0 Å². The van der Waals surface area contributed by atoms with Crippen LogP contribution in [0.5, 0.6) is 0 Å². The zero-order valence-corrected chi connectivity index (χ0v) is 5.79. The predicted molar refractivity (Wildman–Crippen MR) is 35.4 cm³/mol. The van der Waals surface area contributed by atoms with E-state index in [-0.39, 0.29) is 10.3 Å². The molecule has 0 aliphatic carbocycles. The van der Waals surface area contributed by atoms with Gasteiger partial charge < -0.3 is 5.11 Å². The van der Waals surface area contributed by atoms with Crippen LogP contribution in [0.1, 0.15) is 10.4 Å². The van der Waals surface area contributed by atoms with E-state index >= 15 is 0 Å². The summed E-state index contributed by atoms with van der Waals surface area (Å²) >= 11 is 0. The van der Waals surface area contributed by atoms with Crippen molar-refractivity contribution in [2.45, 2.75) is 0 Å². The van der Waals surface area contributed by atoms with Crippen LogP contribution < -0.4 is 4.74 Å². The summed E-state index contributed by atoms with van der Waals surface area (Å²) in [4.78, 5) is 20.6. The molecule has 0 unspecified atom stereocenters. The van der Waals surface area contributed by atoms with Crippen molar-refractivity contribution in [1.29, 1.82) is 0 Å². The molecule has 0 bridgehead atoms. The number of hydrogen-bond acceptors (Lipinski definition) is 4. The maximum absolute atomic E-state index is 10.5. The first kappa shape index (κ1) is 6.44. The molecule has 48 valence electrons. The summed E-state index contributed by atoms with van der Waals surface area (Å²) < 4.78 is -0.368. The van der Waals surface area contributed by atoms with Gasteiger partial charge in [-0.05, 0) is 10.3 Å². The van der Waals surface area contributed by atoms with Crippen LogP contribution in [0.15, 0.2) is 10.2 Å². The van der Waals surface area contributed by atoms with E-state index in [0.29, 0.717) is 0 Å². The lowest BCUT2D eigenvalue weighted by atomic mass is 10.4. The summed E-state index contributed by atoms with van der Waals surface area (Å²) in [5.74, 6) is -1.14. The van der Waals surface area contributed by atoms with Crippen LogP contribution in [0.3, 0.4) is 0 Å². The average molecular weight is 162 g/mol. The number of aromatic carboxylic acids is 1. The fourth-order valence-electron chi connectivity index (χ4n) is 0.347. The molecule has 0 saturated carbocycles. The second-order valence-corrected chi connectivity index (χ2v) is 3.35. The molecule has 0 aromatic carbocycles. The van der Waals surface area contributed by atoms with Crippen LogP contribution in [0.2, 0.25) is 0 Å². The molecule has 1 aromatic rings. The minimum Gasteiger partial charge on any atom is -0.477 e. The normalized spacial score (nSPS) is 9.33. The van der Waals surface area contributed by atoms with Crippen LogP contribution in [0.25, 0.3) is 0 Å². The smallest absolute Gasteiger partial charge is 0.341 e. The van der Waals surface area contributed by atoms with Gasteiger partial charge in [0.15, 0.2) is 0 Å². The molecule has 0 atom stereocenters. The van der Waals surface area contributed by atoms with Crippen molar-refractivity contribution >= 4 is 26.7 Å². The van der Waals surface area contributed by atoms with Crippen molar-refractivity contribution in [3.05, 3.63) is 20.5 Å². The van der Waals surface area contributed by atoms with E-state index in [1.54, 1.807) is 0 Å². The third-order valence-corrected chi connectivity index (χ3v) is 2.57. The Balaban J connectivity index is 3.24. The SMILES string of the molecule is O=C(O)c1cssc1=O. The van der Waals surface area contributed by atoms with Gasteiger partial charge in [0.1, 0.15) is 5.56 Å².